The van der Waals surface area contributed by atoms with Crippen LogP contribution >= 0.6 is 27.5 Å². The van der Waals surface area contributed by atoms with Crippen LogP contribution in [0.4, 0.5) is 5.69 Å². The number of rotatable bonds is 2. The number of nitrogens with zero attached hydrogens (tertiary/aromatic N) is 3. The molecule has 0 N–H and O–H groups in total. The molecule has 5 rings (SSSR count). The van der Waals surface area contributed by atoms with Crippen LogP contribution in [0.5, 0.6) is 0 Å². The molecule has 0 saturated heterocycles. The number of fused-ring (bicyclic) bond motifs is 2. The van der Waals surface area contributed by atoms with Crippen molar-refractivity contribution in [2.45, 2.75) is 25.8 Å². The standard InChI is InChI=1S/C22H17BrClN3O/c23-15-6-4-14(5-7-15)19-13-18-21(25-17-10-8-16(24)9-11-17)27-12-2-1-3-20(27)26-22(18)28-19/h4-11,13H,1-3,12H2. The molecule has 0 fully saturated rings. The van der Waals surface area contributed by atoms with Crippen LogP contribution < -0.4 is 5.49 Å². The Morgan fingerprint density at radius 3 is 2.61 bits per heavy atom. The Hall–Kier alpha value is -2.37. The summed E-state index contributed by atoms with van der Waals surface area (Å²) in [5.41, 5.74) is 3.41. The third-order valence-electron chi connectivity index (χ3n) is 4.97. The molecule has 6 heteroatoms. The lowest BCUT2D eigenvalue weighted by molar-refractivity contribution is 0.490. The van der Waals surface area contributed by atoms with Gasteiger partial charge in [-0.1, -0.05) is 39.7 Å². The van der Waals surface area contributed by atoms with Crippen molar-refractivity contribution in [1.82, 2.24) is 9.55 Å². The molecule has 4 aromatic rings. The van der Waals surface area contributed by atoms with E-state index < -0.39 is 0 Å². The fraction of sp³-hybridized carbons (Fsp3) is 0.182. The van der Waals surface area contributed by atoms with Gasteiger partial charge >= 0.3 is 0 Å². The van der Waals surface area contributed by atoms with Crippen LogP contribution in [0, 0.1) is 0 Å². The Bertz CT molecular complexity index is 1220. The molecular weight excluding hydrogens is 438 g/mol. The molecule has 0 aliphatic carbocycles. The third kappa shape index (κ3) is 3.29. The van der Waals surface area contributed by atoms with E-state index in [0.717, 1.165) is 64.0 Å². The summed E-state index contributed by atoms with van der Waals surface area (Å²) in [6, 6.07) is 17.7. The number of hydrogen-bond donors (Lipinski definition) is 0. The molecule has 0 spiro atoms. The summed E-state index contributed by atoms with van der Waals surface area (Å²) in [7, 11) is 0. The largest absolute Gasteiger partial charge is 0.438 e. The molecule has 1 aliphatic heterocycles. The van der Waals surface area contributed by atoms with Crippen LogP contribution in [0.3, 0.4) is 0 Å². The molecule has 1 aliphatic rings. The van der Waals surface area contributed by atoms with Crippen molar-refractivity contribution >= 4 is 44.3 Å². The first-order valence-corrected chi connectivity index (χ1v) is 10.4. The number of hydrogen-bond acceptors (Lipinski definition) is 3. The van der Waals surface area contributed by atoms with Crippen molar-refractivity contribution in [3.8, 4) is 11.3 Å². The maximum absolute atomic E-state index is 6.14. The van der Waals surface area contributed by atoms with Gasteiger partial charge in [-0.3, -0.25) is 0 Å². The zero-order valence-electron chi connectivity index (χ0n) is 15.0. The average molecular weight is 455 g/mol. The summed E-state index contributed by atoms with van der Waals surface area (Å²) >= 11 is 9.51. The van der Waals surface area contributed by atoms with E-state index in [9.17, 15) is 0 Å². The molecule has 140 valence electrons. The van der Waals surface area contributed by atoms with Crippen LogP contribution in [0.15, 0.2) is 68.5 Å². The van der Waals surface area contributed by atoms with E-state index in [1.807, 2.05) is 54.6 Å². The maximum atomic E-state index is 6.14. The molecule has 2 aromatic heterocycles. The Balaban J connectivity index is 1.76. The Morgan fingerprint density at radius 2 is 1.82 bits per heavy atom. The lowest BCUT2D eigenvalue weighted by atomic mass is 10.1. The number of aryl methyl sites for hydroxylation is 1. The molecule has 4 nitrogen and oxygen atoms in total. The van der Waals surface area contributed by atoms with E-state index in [4.69, 9.17) is 26.0 Å². The summed E-state index contributed by atoms with van der Waals surface area (Å²) in [5, 5.41) is 1.63. The van der Waals surface area contributed by atoms with Gasteiger partial charge in [0.2, 0.25) is 5.71 Å². The number of furan rings is 1. The zero-order valence-corrected chi connectivity index (χ0v) is 17.4. The molecule has 0 saturated carbocycles. The minimum absolute atomic E-state index is 0.638. The van der Waals surface area contributed by atoms with Gasteiger partial charge in [0.05, 0.1) is 11.1 Å². The van der Waals surface area contributed by atoms with Crippen molar-refractivity contribution in [3.63, 3.8) is 0 Å². The van der Waals surface area contributed by atoms with Gasteiger partial charge in [0.15, 0.2) is 0 Å². The summed E-state index contributed by atoms with van der Waals surface area (Å²) in [4.78, 5) is 9.74. The minimum atomic E-state index is 0.638. The second-order valence-corrected chi connectivity index (χ2v) is 8.24. The van der Waals surface area contributed by atoms with E-state index >= 15 is 0 Å². The third-order valence-corrected chi connectivity index (χ3v) is 5.75. The molecular formula is C22H17BrClN3O. The highest BCUT2D eigenvalue weighted by atomic mass is 79.9. The van der Waals surface area contributed by atoms with E-state index in [0.29, 0.717) is 10.7 Å². The first-order valence-electron chi connectivity index (χ1n) is 9.27. The van der Waals surface area contributed by atoms with Crippen molar-refractivity contribution < 1.29 is 4.42 Å². The molecule has 0 unspecified atom stereocenters. The first-order chi connectivity index (χ1) is 13.7. The zero-order chi connectivity index (χ0) is 19.1. The quantitative estimate of drug-likeness (QED) is 0.358. The monoisotopic (exact) mass is 453 g/mol. The fourth-order valence-electron chi connectivity index (χ4n) is 3.56. The predicted molar refractivity (Wildman–Crippen MR) is 115 cm³/mol. The van der Waals surface area contributed by atoms with Crippen LogP contribution in [0.2, 0.25) is 5.02 Å². The van der Waals surface area contributed by atoms with Crippen LogP contribution in [-0.2, 0) is 13.0 Å². The Kier molecular flexibility index (Phi) is 4.57. The molecule has 28 heavy (non-hydrogen) atoms. The molecule has 2 aromatic carbocycles. The van der Waals surface area contributed by atoms with Gasteiger partial charge in [0.1, 0.15) is 17.1 Å². The molecule has 3 heterocycles. The lowest BCUT2D eigenvalue weighted by Gasteiger charge is -2.18. The topological polar surface area (TPSA) is 43.3 Å². The van der Waals surface area contributed by atoms with Gasteiger partial charge < -0.3 is 8.98 Å². The summed E-state index contributed by atoms with van der Waals surface area (Å²) in [6.07, 6.45) is 3.21. The van der Waals surface area contributed by atoms with Crippen LogP contribution in [0.1, 0.15) is 18.7 Å². The smallest absolute Gasteiger partial charge is 0.232 e. The molecule has 0 atom stereocenters. The van der Waals surface area contributed by atoms with Crippen molar-refractivity contribution in [1.29, 1.82) is 0 Å². The Labute approximate surface area is 175 Å². The molecule has 0 amide bonds. The normalized spacial score (nSPS) is 14.4. The van der Waals surface area contributed by atoms with Crippen molar-refractivity contribution in [3.05, 3.63) is 75.4 Å². The average Bonchev–Trinajstić information content (AvgIpc) is 3.14. The van der Waals surface area contributed by atoms with E-state index in [1.54, 1.807) is 0 Å². The van der Waals surface area contributed by atoms with Gasteiger partial charge in [-0.25, -0.2) is 4.99 Å². The van der Waals surface area contributed by atoms with Gasteiger partial charge in [-0.05, 0) is 55.3 Å². The second-order valence-electron chi connectivity index (χ2n) is 6.88. The van der Waals surface area contributed by atoms with Crippen molar-refractivity contribution in [2.24, 2.45) is 4.99 Å². The summed E-state index contributed by atoms with van der Waals surface area (Å²) in [6.45, 7) is 0.920. The fourth-order valence-corrected chi connectivity index (χ4v) is 3.95. The molecule has 0 bridgehead atoms. The van der Waals surface area contributed by atoms with E-state index in [1.165, 1.54) is 0 Å². The summed E-state index contributed by atoms with van der Waals surface area (Å²) < 4.78 is 9.40. The van der Waals surface area contributed by atoms with Gasteiger partial charge in [0.25, 0.3) is 0 Å². The SMILES string of the molecule is Clc1ccc(N=c2c3cc(-c4ccc(Br)cc4)oc3nc3n2CCCC3)cc1. The maximum Gasteiger partial charge on any atom is 0.232 e. The van der Waals surface area contributed by atoms with Gasteiger partial charge in [-0.2, -0.15) is 4.98 Å². The van der Waals surface area contributed by atoms with Crippen LogP contribution in [0.25, 0.3) is 22.4 Å². The summed E-state index contributed by atoms with van der Waals surface area (Å²) in [5.74, 6) is 1.83. The number of benzene rings is 2. The first kappa shape index (κ1) is 17.7. The van der Waals surface area contributed by atoms with E-state index in [2.05, 4.69) is 20.5 Å². The lowest BCUT2D eigenvalue weighted by Crippen LogP contribution is -2.28. The van der Waals surface area contributed by atoms with Crippen LogP contribution in [-0.4, -0.2) is 9.55 Å². The highest BCUT2D eigenvalue weighted by molar-refractivity contribution is 9.10. The highest BCUT2D eigenvalue weighted by Crippen LogP contribution is 2.28. The molecule has 0 radical (unpaired) electrons. The number of aromatic nitrogens is 2. The van der Waals surface area contributed by atoms with Gasteiger partial charge in [-0.15, -0.1) is 0 Å². The minimum Gasteiger partial charge on any atom is -0.438 e. The predicted octanol–water partition coefficient (Wildman–Crippen LogP) is 6.28. The highest BCUT2D eigenvalue weighted by Gasteiger charge is 2.17. The Morgan fingerprint density at radius 1 is 1.04 bits per heavy atom. The second kappa shape index (κ2) is 7.22. The van der Waals surface area contributed by atoms with Crippen molar-refractivity contribution in [2.75, 3.05) is 0 Å². The van der Waals surface area contributed by atoms with E-state index in [-0.39, 0.29) is 0 Å². The number of halogens is 2. The van der Waals surface area contributed by atoms with Gasteiger partial charge in [0, 0.05) is 28.0 Å².